The Morgan fingerprint density at radius 2 is 2.14 bits per heavy atom. The van der Waals surface area contributed by atoms with Gasteiger partial charge in [0.25, 0.3) is 0 Å². The van der Waals surface area contributed by atoms with Gasteiger partial charge in [-0.15, -0.1) is 0 Å². The maximum absolute atomic E-state index is 4.36. The number of nitrogens with zero attached hydrogens (tertiary/aromatic N) is 2. The molecule has 1 N–H and O–H groups in total. The van der Waals surface area contributed by atoms with E-state index in [1.54, 1.807) is 0 Å². The Bertz CT molecular complexity index is 784. The summed E-state index contributed by atoms with van der Waals surface area (Å²) in [5, 5.41) is 3.57. The second kappa shape index (κ2) is 5.01. The molecule has 1 aromatic carbocycles. The first kappa shape index (κ1) is 12.6. The summed E-state index contributed by atoms with van der Waals surface area (Å²) in [5.41, 5.74) is 6.14. The van der Waals surface area contributed by atoms with Crippen LogP contribution in [0.2, 0.25) is 0 Å². The Kier molecular flexibility index (Phi) is 3.00. The molecule has 1 aliphatic carbocycles. The lowest BCUT2D eigenvalue weighted by atomic mass is 10.0. The second-order valence-electron chi connectivity index (χ2n) is 5.87. The summed E-state index contributed by atoms with van der Waals surface area (Å²) >= 11 is 0. The lowest BCUT2D eigenvalue weighted by molar-refractivity contribution is 0.687. The molecule has 1 saturated carbocycles. The van der Waals surface area contributed by atoms with Gasteiger partial charge in [-0.25, -0.2) is 4.98 Å². The third-order valence-electron chi connectivity index (χ3n) is 4.17. The lowest BCUT2D eigenvalue weighted by Crippen LogP contribution is -2.15. The average Bonchev–Trinajstić information content (AvgIpc) is 3.20. The number of hydrogen-bond donors (Lipinski definition) is 1. The van der Waals surface area contributed by atoms with E-state index < -0.39 is 0 Å². The quantitative estimate of drug-likeness (QED) is 0.790. The fourth-order valence-corrected chi connectivity index (χ4v) is 2.84. The Balaban J connectivity index is 1.69. The molecule has 0 spiro atoms. The highest BCUT2D eigenvalue weighted by Crippen LogP contribution is 2.25. The minimum atomic E-state index is 0.754. The van der Waals surface area contributed by atoms with Crippen molar-refractivity contribution < 1.29 is 0 Å². The van der Waals surface area contributed by atoms with Crippen LogP contribution in [0.25, 0.3) is 16.9 Å². The summed E-state index contributed by atoms with van der Waals surface area (Å²) < 4.78 is 2.14. The first-order chi connectivity index (χ1) is 10.3. The molecule has 0 unspecified atom stereocenters. The van der Waals surface area contributed by atoms with Crippen LogP contribution in [0.5, 0.6) is 0 Å². The van der Waals surface area contributed by atoms with Crippen molar-refractivity contribution in [1.82, 2.24) is 14.7 Å². The van der Waals surface area contributed by atoms with Crippen LogP contribution in [0.1, 0.15) is 24.0 Å². The van der Waals surface area contributed by atoms with Crippen LogP contribution in [0.3, 0.4) is 0 Å². The molecule has 2 aromatic heterocycles. The molecule has 1 aliphatic rings. The fraction of sp³-hybridized carbons (Fsp3) is 0.278. The molecule has 0 bridgehead atoms. The number of nitrogens with one attached hydrogen (secondary N) is 1. The van der Waals surface area contributed by atoms with Crippen molar-refractivity contribution in [1.29, 1.82) is 0 Å². The molecular formula is C18H19N3. The minimum absolute atomic E-state index is 0.754. The van der Waals surface area contributed by atoms with Gasteiger partial charge in [0, 0.05) is 30.5 Å². The number of rotatable bonds is 4. The Morgan fingerprint density at radius 3 is 2.95 bits per heavy atom. The minimum Gasteiger partial charge on any atom is -0.310 e. The molecule has 2 heterocycles. The molecule has 21 heavy (non-hydrogen) atoms. The highest BCUT2D eigenvalue weighted by molar-refractivity contribution is 5.67. The Morgan fingerprint density at radius 1 is 1.24 bits per heavy atom. The van der Waals surface area contributed by atoms with Crippen molar-refractivity contribution in [3.63, 3.8) is 0 Å². The van der Waals surface area contributed by atoms with Crippen LogP contribution < -0.4 is 5.32 Å². The van der Waals surface area contributed by atoms with E-state index in [-0.39, 0.29) is 0 Å². The van der Waals surface area contributed by atoms with Crippen LogP contribution >= 0.6 is 0 Å². The van der Waals surface area contributed by atoms with Gasteiger partial charge >= 0.3 is 0 Å². The molecule has 0 radical (unpaired) electrons. The van der Waals surface area contributed by atoms with Gasteiger partial charge in [0.15, 0.2) is 0 Å². The standard InChI is InChI=1S/C18H19N3/c1-13-11-14(12-20-15-6-7-15)5-8-16(13)17-3-2-4-18-19-9-10-21(17)18/h2-5,8-11,15,20H,6-7,12H2,1H3. The van der Waals surface area contributed by atoms with E-state index in [1.807, 2.05) is 18.5 Å². The van der Waals surface area contributed by atoms with Crippen molar-refractivity contribution >= 4 is 5.65 Å². The van der Waals surface area contributed by atoms with Gasteiger partial charge in [0.1, 0.15) is 5.65 Å². The molecular weight excluding hydrogens is 258 g/mol. The number of hydrogen-bond acceptors (Lipinski definition) is 2. The van der Waals surface area contributed by atoms with Crippen molar-refractivity contribution in [2.75, 3.05) is 0 Å². The molecule has 1 fully saturated rings. The number of aromatic nitrogens is 2. The maximum Gasteiger partial charge on any atom is 0.137 e. The molecule has 0 saturated heterocycles. The van der Waals surface area contributed by atoms with Gasteiger partial charge in [0.05, 0.1) is 5.69 Å². The molecule has 3 nitrogen and oxygen atoms in total. The van der Waals surface area contributed by atoms with Gasteiger partial charge in [-0.05, 0) is 43.0 Å². The molecule has 0 amide bonds. The summed E-state index contributed by atoms with van der Waals surface area (Å²) in [6.45, 7) is 3.16. The van der Waals surface area contributed by atoms with Crippen molar-refractivity contribution in [3.05, 3.63) is 59.9 Å². The van der Waals surface area contributed by atoms with Crippen molar-refractivity contribution in [2.45, 2.75) is 32.4 Å². The van der Waals surface area contributed by atoms with Crippen LogP contribution in [-0.2, 0) is 6.54 Å². The van der Waals surface area contributed by atoms with Crippen LogP contribution in [0.4, 0.5) is 0 Å². The number of pyridine rings is 1. The first-order valence-corrected chi connectivity index (χ1v) is 7.56. The zero-order chi connectivity index (χ0) is 14.2. The van der Waals surface area contributed by atoms with E-state index in [4.69, 9.17) is 0 Å². The zero-order valence-corrected chi connectivity index (χ0v) is 12.2. The van der Waals surface area contributed by atoms with E-state index in [0.29, 0.717) is 0 Å². The van der Waals surface area contributed by atoms with Crippen LogP contribution in [0, 0.1) is 6.92 Å². The predicted octanol–water partition coefficient (Wildman–Crippen LogP) is 3.56. The third kappa shape index (κ3) is 2.45. The molecule has 0 atom stereocenters. The largest absolute Gasteiger partial charge is 0.310 e. The topological polar surface area (TPSA) is 29.3 Å². The molecule has 3 aromatic rings. The summed E-state index contributed by atoms with van der Waals surface area (Å²) in [4.78, 5) is 4.36. The summed E-state index contributed by atoms with van der Waals surface area (Å²) in [6.07, 6.45) is 6.54. The van der Waals surface area contributed by atoms with Gasteiger partial charge in [-0.1, -0.05) is 24.3 Å². The predicted molar refractivity (Wildman–Crippen MR) is 85.2 cm³/mol. The summed E-state index contributed by atoms with van der Waals surface area (Å²) in [7, 11) is 0. The van der Waals surface area contributed by atoms with E-state index in [2.05, 4.69) is 52.0 Å². The molecule has 0 aliphatic heterocycles. The monoisotopic (exact) mass is 277 g/mol. The van der Waals surface area contributed by atoms with Crippen LogP contribution in [-0.4, -0.2) is 15.4 Å². The zero-order valence-electron chi connectivity index (χ0n) is 12.2. The Labute approximate surface area is 124 Å². The smallest absolute Gasteiger partial charge is 0.137 e. The number of aryl methyl sites for hydroxylation is 1. The summed E-state index contributed by atoms with van der Waals surface area (Å²) in [5.74, 6) is 0. The SMILES string of the molecule is Cc1cc(CNC2CC2)ccc1-c1cccc2nccn12. The fourth-order valence-electron chi connectivity index (χ4n) is 2.84. The average molecular weight is 277 g/mol. The molecule has 106 valence electrons. The number of benzene rings is 1. The maximum atomic E-state index is 4.36. The number of fused-ring (bicyclic) bond motifs is 1. The van der Waals surface area contributed by atoms with Gasteiger partial charge in [0.2, 0.25) is 0 Å². The van der Waals surface area contributed by atoms with E-state index in [1.165, 1.54) is 35.2 Å². The summed E-state index contributed by atoms with van der Waals surface area (Å²) in [6, 6.07) is 13.8. The Hall–Kier alpha value is -2.13. The van der Waals surface area contributed by atoms with Gasteiger partial charge < -0.3 is 5.32 Å². The van der Waals surface area contributed by atoms with Crippen LogP contribution in [0.15, 0.2) is 48.8 Å². The van der Waals surface area contributed by atoms with E-state index in [9.17, 15) is 0 Å². The van der Waals surface area contributed by atoms with E-state index >= 15 is 0 Å². The highest BCUT2D eigenvalue weighted by Gasteiger charge is 2.20. The van der Waals surface area contributed by atoms with Crippen molar-refractivity contribution in [2.24, 2.45) is 0 Å². The third-order valence-corrected chi connectivity index (χ3v) is 4.17. The first-order valence-electron chi connectivity index (χ1n) is 7.56. The lowest BCUT2D eigenvalue weighted by Gasteiger charge is -2.11. The van der Waals surface area contributed by atoms with E-state index in [0.717, 1.165) is 18.2 Å². The highest BCUT2D eigenvalue weighted by atomic mass is 15.0. The normalized spacial score (nSPS) is 14.7. The molecule has 3 heteroatoms. The second-order valence-corrected chi connectivity index (χ2v) is 5.87. The number of imidazole rings is 1. The van der Waals surface area contributed by atoms with Gasteiger partial charge in [-0.3, -0.25) is 4.40 Å². The van der Waals surface area contributed by atoms with Gasteiger partial charge in [-0.2, -0.15) is 0 Å². The molecule has 4 rings (SSSR count). The van der Waals surface area contributed by atoms with Crippen molar-refractivity contribution in [3.8, 4) is 11.3 Å².